The van der Waals surface area contributed by atoms with E-state index in [4.69, 9.17) is 4.74 Å². The Morgan fingerprint density at radius 3 is 2.58 bits per heavy atom. The highest BCUT2D eigenvalue weighted by Gasteiger charge is 2.54. The van der Waals surface area contributed by atoms with E-state index in [1.54, 1.807) is 6.92 Å². The highest BCUT2D eigenvalue weighted by atomic mass is 16.6. The van der Waals surface area contributed by atoms with Crippen molar-refractivity contribution in [2.75, 3.05) is 0 Å². The number of rotatable bonds is 5. The monoisotopic (exact) mass is 268 g/mol. The van der Waals surface area contributed by atoms with Gasteiger partial charge < -0.3 is 9.84 Å². The van der Waals surface area contributed by atoms with Crippen molar-refractivity contribution in [3.05, 3.63) is 0 Å². The van der Waals surface area contributed by atoms with Gasteiger partial charge in [0.1, 0.15) is 5.60 Å². The van der Waals surface area contributed by atoms with Crippen LogP contribution >= 0.6 is 0 Å². The average molecular weight is 268 g/mol. The number of carbonyl (C=O) groups is 1. The molecular formula is C16H28O3. The van der Waals surface area contributed by atoms with Gasteiger partial charge in [0.15, 0.2) is 5.60 Å². The van der Waals surface area contributed by atoms with Crippen LogP contribution in [0.15, 0.2) is 0 Å². The number of fused-ring (bicyclic) bond motifs is 2. The summed E-state index contributed by atoms with van der Waals surface area (Å²) >= 11 is 0. The van der Waals surface area contributed by atoms with Gasteiger partial charge in [0.05, 0.1) is 0 Å². The van der Waals surface area contributed by atoms with E-state index in [0.29, 0.717) is 18.3 Å². The van der Waals surface area contributed by atoms with Crippen molar-refractivity contribution < 1.29 is 14.6 Å². The average Bonchev–Trinajstić information content (AvgIpc) is 2.88. The lowest BCUT2D eigenvalue weighted by atomic mass is 9.78. The van der Waals surface area contributed by atoms with Gasteiger partial charge in [0.2, 0.25) is 0 Å². The Kier molecular flexibility index (Phi) is 3.97. The molecule has 0 aromatic carbocycles. The number of hydrogen-bond donors (Lipinski definition) is 1. The van der Waals surface area contributed by atoms with Crippen LogP contribution in [0.25, 0.3) is 0 Å². The third-order valence-electron chi connectivity index (χ3n) is 5.10. The molecule has 2 aliphatic carbocycles. The number of aliphatic hydroxyl groups is 1. The Morgan fingerprint density at radius 2 is 2.16 bits per heavy atom. The minimum atomic E-state index is -1.34. The normalized spacial score (nSPS) is 36.5. The van der Waals surface area contributed by atoms with Crippen molar-refractivity contribution in [2.24, 2.45) is 17.8 Å². The number of carbonyl (C=O) groups excluding carboxylic acids is 1. The molecule has 0 amide bonds. The smallest absolute Gasteiger partial charge is 0.338 e. The summed E-state index contributed by atoms with van der Waals surface area (Å²) < 4.78 is 5.91. The molecule has 0 saturated heterocycles. The largest absolute Gasteiger partial charge is 0.457 e. The van der Waals surface area contributed by atoms with Crippen LogP contribution in [0.5, 0.6) is 0 Å². The summed E-state index contributed by atoms with van der Waals surface area (Å²) in [4.78, 5) is 12.2. The second kappa shape index (κ2) is 5.08. The van der Waals surface area contributed by atoms with Crippen LogP contribution in [0.4, 0.5) is 0 Å². The molecule has 4 unspecified atom stereocenters. The lowest BCUT2D eigenvalue weighted by Gasteiger charge is -2.40. The first-order valence-electron chi connectivity index (χ1n) is 7.75. The second-order valence-corrected chi connectivity index (χ2v) is 7.26. The Morgan fingerprint density at radius 1 is 1.47 bits per heavy atom. The van der Waals surface area contributed by atoms with Crippen LogP contribution < -0.4 is 0 Å². The van der Waals surface area contributed by atoms with Crippen LogP contribution in [0, 0.1) is 17.8 Å². The van der Waals surface area contributed by atoms with Crippen molar-refractivity contribution in [2.45, 2.75) is 77.4 Å². The van der Waals surface area contributed by atoms with E-state index in [1.807, 2.05) is 6.92 Å². The predicted octanol–water partition coefficient (Wildman–Crippen LogP) is 3.30. The van der Waals surface area contributed by atoms with Crippen molar-refractivity contribution in [3.63, 3.8) is 0 Å². The van der Waals surface area contributed by atoms with Crippen LogP contribution in [0.1, 0.15) is 66.2 Å². The molecule has 0 heterocycles. The fourth-order valence-corrected chi connectivity index (χ4v) is 3.94. The molecule has 0 radical (unpaired) electrons. The molecule has 2 aliphatic rings. The third-order valence-corrected chi connectivity index (χ3v) is 5.10. The summed E-state index contributed by atoms with van der Waals surface area (Å²) in [6.07, 6.45) is 6.00. The van der Waals surface area contributed by atoms with Crippen LogP contribution in [0.2, 0.25) is 0 Å². The molecule has 4 atom stereocenters. The Labute approximate surface area is 116 Å². The van der Waals surface area contributed by atoms with E-state index < -0.39 is 11.6 Å². The van der Waals surface area contributed by atoms with Gasteiger partial charge >= 0.3 is 5.97 Å². The molecule has 1 N–H and O–H groups in total. The highest BCUT2D eigenvalue weighted by molar-refractivity contribution is 5.79. The van der Waals surface area contributed by atoms with E-state index in [1.165, 1.54) is 19.3 Å². The zero-order valence-electron chi connectivity index (χ0n) is 12.7. The Hall–Kier alpha value is -0.570. The molecule has 3 nitrogen and oxygen atoms in total. The van der Waals surface area contributed by atoms with Gasteiger partial charge in [-0.15, -0.1) is 0 Å². The molecule has 2 bridgehead atoms. The van der Waals surface area contributed by atoms with Crippen LogP contribution in [-0.4, -0.2) is 22.3 Å². The van der Waals surface area contributed by atoms with E-state index in [9.17, 15) is 9.90 Å². The lowest BCUT2D eigenvalue weighted by Crippen LogP contribution is -2.47. The van der Waals surface area contributed by atoms with Crippen LogP contribution in [-0.2, 0) is 9.53 Å². The molecule has 0 aliphatic heterocycles. The molecular weight excluding hydrogens is 240 g/mol. The standard InChI is InChI=1S/C16H28O3/c1-5-15(4,18)14(17)19-16(9-11(2)3)10-12-6-7-13(16)8-12/h11-13,18H,5-10H2,1-4H3. The third kappa shape index (κ3) is 2.81. The second-order valence-electron chi connectivity index (χ2n) is 7.26. The summed E-state index contributed by atoms with van der Waals surface area (Å²) in [5.41, 5.74) is -1.64. The first kappa shape index (κ1) is 14.8. The number of hydrogen-bond acceptors (Lipinski definition) is 3. The zero-order chi connectivity index (χ0) is 14.3. The Bertz CT molecular complexity index is 348. The van der Waals surface area contributed by atoms with E-state index >= 15 is 0 Å². The van der Waals surface area contributed by atoms with E-state index in [-0.39, 0.29) is 5.60 Å². The summed E-state index contributed by atoms with van der Waals surface area (Å²) in [6.45, 7) is 7.74. The van der Waals surface area contributed by atoms with E-state index in [2.05, 4.69) is 13.8 Å². The zero-order valence-corrected chi connectivity index (χ0v) is 12.7. The number of esters is 1. The quantitative estimate of drug-likeness (QED) is 0.778. The fourth-order valence-electron chi connectivity index (χ4n) is 3.94. The van der Waals surface area contributed by atoms with Gasteiger partial charge in [-0.05, 0) is 63.2 Å². The SMILES string of the molecule is CCC(C)(O)C(=O)OC1(CC(C)C)CC2CCC1C2. The van der Waals surface area contributed by atoms with Crippen LogP contribution in [0.3, 0.4) is 0 Å². The molecule has 2 fully saturated rings. The van der Waals surface area contributed by atoms with Crippen molar-refractivity contribution in [1.29, 1.82) is 0 Å². The van der Waals surface area contributed by atoms with Crippen molar-refractivity contribution >= 4 is 5.97 Å². The van der Waals surface area contributed by atoms with Gasteiger partial charge in [0, 0.05) is 0 Å². The topological polar surface area (TPSA) is 46.5 Å². The predicted molar refractivity (Wildman–Crippen MR) is 74.6 cm³/mol. The Balaban J connectivity index is 2.14. The maximum absolute atomic E-state index is 12.2. The molecule has 2 saturated carbocycles. The minimum absolute atomic E-state index is 0.298. The summed E-state index contributed by atoms with van der Waals surface area (Å²) in [5.74, 6) is 1.32. The first-order chi connectivity index (χ1) is 8.79. The molecule has 19 heavy (non-hydrogen) atoms. The summed E-state index contributed by atoms with van der Waals surface area (Å²) in [5, 5.41) is 10.1. The first-order valence-corrected chi connectivity index (χ1v) is 7.75. The fraction of sp³-hybridized carbons (Fsp3) is 0.938. The molecule has 3 heteroatoms. The van der Waals surface area contributed by atoms with Gasteiger partial charge in [-0.2, -0.15) is 0 Å². The molecule has 0 aromatic rings. The molecule has 0 aromatic heterocycles. The van der Waals surface area contributed by atoms with Crippen molar-refractivity contribution in [3.8, 4) is 0 Å². The molecule has 0 spiro atoms. The van der Waals surface area contributed by atoms with Gasteiger partial charge in [0.25, 0.3) is 0 Å². The van der Waals surface area contributed by atoms with Crippen molar-refractivity contribution in [1.82, 2.24) is 0 Å². The summed E-state index contributed by atoms with van der Waals surface area (Å²) in [6, 6.07) is 0. The maximum Gasteiger partial charge on any atom is 0.338 e. The summed E-state index contributed by atoms with van der Waals surface area (Å²) in [7, 11) is 0. The van der Waals surface area contributed by atoms with Gasteiger partial charge in [-0.25, -0.2) is 4.79 Å². The maximum atomic E-state index is 12.2. The molecule has 2 rings (SSSR count). The van der Waals surface area contributed by atoms with Gasteiger partial charge in [-0.1, -0.05) is 20.8 Å². The molecule has 110 valence electrons. The lowest BCUT2D eigenvalue weighted by molar-refractivity contribution is -0.188. The van der Waals surface area contributed by atoms with E-state index in [0.717, 1.165) is 18.8 Å². The minimum Gasteiger partial charge on any atom is -0.457 e. The number of ether oxygens (including phenoxy) is 1. The van der Waals surface area contributed by atoms with Gasteiger partial charge in [-0.3, -0.25) is 0 Å². The highest BCUT2D eigenvalue weighted by Crippen LogP contribution is 2.55.